The van der Waals surface area contributed by atoms with Gasteiger partial charge in [-0.15, -0.1) is 0 Å². The van der Waals surface area contributed by atoms with E-state index in [2.05, 4.69) is 12.2 Å². The highest BCUT2D eigenvalue weighted by Gasteiger charge is 2.54. The number of hydrogen-bond donors (Lipinski definition) is 0. The van der Waals surface area contributed by atoms with E-state index in [-0.39, 0.29) is 23.0 Å². The molecule has 0 aromatic heterocycles. The van der Waals surface area contributed by atoms with E-state index in [1.54, 1.807) is 18.2 Å². The zero-order valence-electron chi connectivity index (χ0n) is 9.30. The summed E-state index contributed by atoms with van der Waals surface area (Å²) in [6.45, 7) is 0. The Morgan fingerprint density at radius 1 is 0.941 bits per heavy atom. The van der Waals surface area contributed by atoms with Gasteiger partial charge in [-0.25, -0.2) is 0 Å². The fourth-order valence-electron chi connectivity index (χ4n) is 3.92. The monoisotopic (exact) mass is 224 g/mol. The standard InChI is InChI=1S/C15H12O2/c16-11-4-2-1-3-10-14(11)12-8-5-6-9(7-8)13(12)15(10)17/h1-6,8-9,12-13H,7H2/t8-,9+,12-,13-/m0/s1. The van der Waals surface area contributed by atoms with Crippen LogP contribution in [0.2, 0.25) is 0 Å². The van der Waals surface area contributed by atoms with Crippen LogP contribution < -0.4 is 5.43 Å². The van der Waals surface area contributed by atoms with Gasteiger partial charge in [-0.3, -0.25) is 9.59 Å². The van der Waals surface area contributed by atoms with E-state index in [0.29, 0.717) is 17.4 Å². The van der Waals surface area contributed by atoms with Crippen molar-refractivity contribution in [3.8, 4) is 0 Å². The van der Waals surface area contributed by atoms with E-state index < -0.39 is 0 Å². The molecule has 3 aliphatic carbocycles. The summed E-state index contributed by atoms with van der Waals surface area (Å²) in [5, 5.41) is 0. The fourth-order valence-corrected chi connectivity index (χ4v) is 3.92. The molecule has 0 N–H and O–H groups in total. The van der Waals surface area contributed by atoms with Crippen molar-refractivity contribution in [2.45, 2.75) is 12.3 Å². The lowest BCUT2D eigenvalue weighted by Gasteiger charge is -2.18. The van der Waals surface area contributed by atoms with Crippen LogP contribution in [-0.4, -0.2) is 5.78 Å². The minimum atomic E-state index is 0.0341. The van der Waals surface area contributed by atoms with Crippen molar-refractivity contribution in [2.75, 3.05) is 0 Å². The Morgan fingerprint density at radius 3 is 2.47 bits per heavy atom. The molecule has 4 rings (SSSR count). The van der Waals surface area contributed by atoms with Crippen molar-refractivity contribution < 1.29 is 4.79 Å². The van der Waals surface area contributed by atoms with Crippen molar-refractivity contribution in [3.05, 3.63) is 57.8 Å². The van der Waals surface area contributed by atoms with Crippen molar-refractivity contribution in [1.29, 1.82) is 0 Å². The molecule has 1 aromatic rings. The third kappa shape index (κ3) is 1.01. The molecule has 0 unspecified atom stereocenters. The highest BCUT2D eigenvalue weighted by molar-refractivity contribution is 6.04. The molecular weight excluding hydrogens is 212 g/mol. The van der Waals surface area contributed by atoms with Gasteiger partial charge in [0, 0.05) is 23.0 Å². The maximum Gasteiger partial charge on any atom is 0.182 e. The van der Waals surface area contributed by atoms with Crippen LogP contribution in [0.5, 0.6) is 0 Å². The molecule has 2 heteroatoms. The van der Waals surface area contributed by atoms with Gasteiger partial charge in [0.25, 0.3) is 0 Å². The number of Topliss-reactive ketones (excluding diaryl/α,β-unsaturated/α-hetero) is 1. The van der Waals surface area contributed by atoms with Gasteiger partial charge >= 0.3 is 0 Å². The Morgan fingerprint density at radius 2 is 1.65 bits per heavy atom. The van der Waals surface area contributed by atoms with Gasteiger partial charge in [0.15, 0.2) is 11.2 Å². The Bertz CT molecular complexity index is 615. The summed E-state index contributed by atoms with van der Waals surface area (Å²) >= 11 is 0. The van der Waals surface area contributed by atoms with Crippen LogP contribution in [0.3, 0.4) is 0 Å². The molecule has 0 aliphatic heterocycles. The van der Waals surface area contributed by atoms with Crippen LogP contribution >= 0.6 is 0 Å². The first-order chi connectivity index (χ1) is 8.27. The molecule has 3 aliphatic rings. The summed E-state index contributed by atoms with van der Waals surface area (Å²) in [6.07, 6.45) is 5.42. The predicted molar refractivity (Wildman–Crippen MR) is 64.0 cm³/mol. The van der Waals surface area contributed by atoms with E-state index in [9.17, 15) is 9.59 Å². The van der Waals surface area contributed by atoms with Gasteiger partial charge in [0.2, 0.25) is 0 Å². The average Bonchev–Trinajstić information content (AvgIpc) is 2.94. The molecule has 1 saturated carbocycles. The van der Waals surface area contributed by atoms with Crippen molar-refractivity contribution in [3.63, 3.8) is 0 Å². The second kappa shape index (κ2) is 2.95. The molecule has 0 radical (unpaired) electrons. The number of allylic oxidation sites excluding steroid dienone is 2. The molecule has 84 valence electrons. The Balaban J connectivity index is 2.04. The topological polar surface area (TPSA) is 34.1 Å². The Kier molecular flexibility index (Phi) is 1.62. The minimum Gasteiger partial charge on any atom is -0.294 e. The molecule has 4 atom stereocenters. The van der Waals surface area contributed by atoms with Crippen molar-refractivity contribution in [1.82, 2.24) is 0 Å². The predicted octanol–water partition coefficient (Wildman–Crippen LogP) is 2.15. The summed E-state index contributed by atoms with van der Waals surface area (Å²) in [4.78, 5) is 24.5. The van der Waals surface area contributed by atoms with E-state index in [1.807, 2.05) is 6.07 Å². The second-order valence-electron chi connectivity index (χ2n) is 5.27. The number of carbonyl (C=O) groups is 1. The first kappa shape index (κ1) is 9.34. The maximum atomic E-state index is 12.4. The highest BCUT2D eigenvalue weighted by atomic mass is 16.1. The van der Waals surface area contributed by atoms with E-state index in [0.717, 1.165) is 12.0 Å². The molecule has 0 amide bonds. The van der Waals surface area contributed by atoms with Gasteiger partial charge in [0.05, 0.1) is 0 Å². The number of hydrogen-bond acceptors (Lipinski definition) is 2. The zero-order chi connectivity index (χ0) is 11.6. The van der Waals surface area contributed by atoms with E-state index in [4.69, 9.17) is 0 Å². The zero-order valence-corrected chi connectivity index (χ0v) is 9.30. The smallest absolute Gasteiger partial charge is 0.182 e. The third-order valence-corrected chi connectivity index (χ3v) is 4.54. The average molecular weight is 224 g/mol. The molecule has 1 fully saturated rings. The molecule has 0 saturated heterocycles. The fraction of sp³-hybridized carbons (Fsp3) is 0.333. The highest BCUT2D eigenvalue weighted by Crippen LogP contribution is 2.57. The largest absolute Gasteiger partial charge is 0.294 e. The lowest BCUT2D eigenvalue weighted by Crippen LogP contribution is -2.19. The molecule has 2 nitrogen and oxygen atoms in total. The van der Waals surface area contributed by atoms with Gasteiger partial charge in [0.1, 0.15) is 0 Å². The summed E-state index contributed by atoms with van der Waals surface area (Å²) in [5.41, 5.74) is 1.49. The van der Waals surface area contributed by atoms with Crippen molar-refractivity contribution >= 4 is 5.78 Å². The number of carbonyl (C=O) groups excluding carboxylic acids is 1. The molecule has 2 bridgehead atoms. The number of ketones is 1. The van der Waals surface area contributed by atoms with Gasteiger partial charge in [-0.05, 0) is 24.3 Å². The third-order valence-electron chi connectivity index (χ3n) is 4.54. The molecule has 0 heterocycles. The Hall–Kier alpha value is -1.70. The van der Waals surface area contributed by atoms with Gasteiger partial charge in [-0.1, -0.05) is 30.4 Å². The van der Waals surface area contributed by atoms with Crippen molar-refractivity contribution in [2.24, 2.45) is 17.8 Å². The maximum absolute atomic E-state index is 12.4. The number of fused-ring (bicyclic) bond motifs is 7. The van der Waals surface area contributed by atoms with Crippen LogP contribution in [-0.2, 0) is 0 Å². The van der Waals surface area contributed by atoms with Crippen LogP contribution in [0.25, 0.3) is 0 Å². The van der Waals surface area contributed by atoms with Crippen LogP contribution in [0, 0.1) is 17.8 Å². The molecule has 17 heavy (non-hydrogen) atoms. The second-order valence-corrected chi connectivity index (χ2v) is 5.27. The first-order valence-corrected chi connectivity index (χ1v) is 6.13. The van der Waals surface area contributed by atoms with E-state index in [1.165, 1.54) is 0 Å². The van der Waals surface area contributed by atoms with E-state index >= 15 is 0 Å². The number of rotatable bonds is 0. The van der Waals surface area contributed by atoms with Gasteiger partial charge < -0.3 is 0 Å². The van der Waals surface area contributed by atoms with Gasteiger partial charge in [-0.2, -0.15) is 0 Å². The quantitative estimate of drug-likeness (QED) is 0.633. The first-order valence-electron chi connectivity index (χ1n) is 6.13. The normalized spacial score (nSPS) is 36.1. The minimum absolute atomic E-state index is 0.0341. The lowest BCUT2D eigenvalue weighted by atomic mass is 9.83. The molecular formula is C15H12O2. The SMILES string of the molecule is O=C1c2ccccc(=O)c2[C@@H]2[C@@H]1[C@@H]1C=C[C@H]2C1. The van der Waals surface area contributed by atoms with Crippen LogP contribution in [0.1, 0.15) is 28.3 Å². The summed E-state index contributed by atoms with van der Waals surface area (Å²) in [7, 11) is 0. The van der Waals surface area contributed by atoms with Crippen LogP contribution in [0.4, 0.5) is 0 Å². The van der Waals surface area contributed by atoms with Crippen LogP contribution in [0.15, 0.2) is 41.2 Å². The molecule has 1 aromatic carbocycles. The molecule has 0 spiro atoms. The summed E-state index contributed by atoms with van der Waals surface area (Å²) in [5.74, 6) is 1.18. The summed E-state index contributed by atoms with van der Waals surface area (Å²) in [6, 6.07) is 6.93. The summed E-state index contributed by atoms with van der Waals surface area (Å²) < 4.78 is 0. The lowest BCUT2D eigenvalue weighted by molar-refractivity contribution is 0.0911. The Labute approximate surface area is 99.0 Å².